The third kappa shape index (κ3) is 908. The Hall–Kier alpha value is 5.75. The highest BCUT2D eigenvalue weighted by Crippen LogP contribution is -0.272. The van der Waals surface area contributed by atoms with Crippen LogP contribution in [0, 0.1) is 0 Å². The van der Waals surface area contributed by atoms with Crippen LogP contribution in [0.3, 0.4) is 0 Å². The van der Waals surface area contributed by atoms with Crippen LogP contribution in [-0.4, -0.2) is 296 Å². The van der Waals surface area contributed by atoms with E-state index in [2.05, 4.69) is 0 Å². The first-order chi connectivity index (χ1) is 0. The van der Waals surface area contributed by atoms with Crippen molar-refractivity contribution in [2.24, 2.45) is 0 Å². The summed E-state index contributed by atoms with van der Waals surface area (Å²) in [7, 11) is 0. The number of hydrogen-bond acceptors (Lipinski definition) is 0. The first-order valence-electron chi connectivity index (χ1n) is 0. The molecular weight excluding hydrogens is 580 g/mol. The molecule has 0 aromatic carbocycles. The monoisotopic (exact) mass is 648 g/mol. The van der Waals surface area contributed by atoms with Crippen molar-refractivity contribution in [3.05, 3.63) is 0 Å². The minimum absolute atomic E-state index is 0. The molecule has 28 heavy (non-hydrogen) atoms. The fourth-order valence-corrected chi connectivity index (χ4v) is 0. The summed E-state index contributed by atoms with van der Waals surface area (Å²) in [5, 5.41) is 0. The molecule has 0 unspecified atom stereocenters. The smallest absolute Gasteiger partial charge is 0.187 e. The van der Waals surface area contributed by atoms with Crippen LogP contribution in [0.2, 0.25) is 0 Å². The van der Waals surface area contributed by atoms with Gasteiger partial charge in [-0.1, -0.05) is 0 Å². The van der Waals surface area contributed by atoms with E-state index in [1.165, 1.54) is 0 Å². The third-order valence-corrected chi connectivity index (χ3v) is 0. The van der Waals surface area contributed by atoms with Crippen molar-refractivity contribution < 1.29 is 87.6 Å². The molecule has 0 saturated heterocycles. The Bertz CT molecular complexity index is 27.6. The molecule has 0 aliphatic heterocycles. The van der Waals surface area contributed by atoms with Crippen molar-refractivity contribution in [1.29, 1.82) is 0 Å². The molecule has 0 rings (SSSR count). The topological polar surface area (TPSA) is 504 Å². The van der Waals surface area contributed by atoms with Crippen LogP contribution in [-0.2, 0) is 0 Å². The molecule has 0 amide bonds. The average Bonchev–Trinajstić information content (AvgIpc) is 0. The normalized spacial score (nSPS) is 0. The van der Waals surface area contributed by atoms with Gasteiger partial charge in [0.05, 0.1) is 0 Å². The lowest BCUT2D eigenvalue weighted by atomic mass is 16.0. The third-order valence-electron chi connectivity index (χ3n) is 0. The minimum Gasteiger partial charge on any atom is -0.412 e. The molecule has 0 aromatic heterocycles. The Labute approximate surface area is 292 Å². The fraction of sp³-hybridized carbons (Fsp3) is 0. The average molecular weight is 648 g/mol. The van der Waals surface area contributed by atoms with Gasteiger partial charge in [0.25, 0.3) is 0 Å². The second-order valence-electron chi connectivity index (χ2n) is 0. The van der Waals surface area contributed by atoms with Crippen LogP contribution in [0.25, 0.3) is 0 Å². The van der Waals surface area contributed by atoms with Crippen molar-refractivity contribution in [2.75, 3.05) is 0 Å². The van der Waals surface area contributed by atoms with Crippen LogP contribution in [0.5, 0.6) is 0 Å². The first kappa shape index (κ1) is 1090. The van der Waals surface area contributed by atoms with Gasteiger partial charge in [-0.25, -0.2) is 0 Å². The molecule has 0 fully saturated rings. The molecule has 200 valence electrons. The maximum absolute atomic E-state index is 0. The largest absolute Gasteiger partial charge is 0.412 e. The molecule has 0 heterocycles. The van der Waals surface area contributed by atoms with Crippen molar-refractivity contribution in [3.63, 3.8) is 0 Å². The summed E-state index contributed by atoms with van der Waals surface area (Å²) < 4.78 is 0. The Morgan fingerprint density at radius 3 is 0.0714 bits per heavy atom. The van der Waals surface area contributed by atoms with E-state index >= 15 is 0 Å². The highest BCUT2D eigenvalue weighted by Gasteiger charge is 0.198. The maximum Gasteiger partial charge on any atom is 0.187 e. The van der Waals surface area contributed by atoms with E-state index in [-0.39, 0.29) is 296 Å². The van der Waals surface area contributed by atoms with Crippen LogP contribution >= 0.6 is 0 Å². The van der Waals surface area contributed by atoms with E-state index < -0.39 is 0 Å². The molecule has 0 radical (unpaired) electrons. The fourth-order valence-electron chi connectivity index (χ4n) is 0. The van der Waals surface area contributed by atoms with Gasteiger partial charge in [-0.2, -0.15) is 0 Å². The van der Waals surface area contributed by atoms with Crippen LogP contribution < -0.4 is 0 Å². The van der Waals surface area contributed by atoms with E-state index in [9.17, 15) is 0 Å². The van der Waals surface area contributed by atoms with E-state index in [0.717, 1.165) is 0 Å². The summed E-state index contributed by atoms with van der Waals surface area (Å²) >= 11 is 0. The predicted octanol–water partition coefficient (Wildman–Crippen LogP) is -27.4. The zero-order valence-electron chi connectivity index (χ0n) is 8.00. The van der Waals surface area contributed by atoms with Crippen LogP contribution in [0.15, 0.2) is 0 Å². The quantitative estimate of drug-likeness (QED) is 0.221. The van der Waals surface area contributed by atoms with E-state index in [1.54, 1.807) is 0 Å². The van der Waals surface area contributed by atoms with Crippen molar-refractivity contribution in [3.8, 4) is 0 Å². The second kappa shape index (κ2) is 999. The van der Waals surface area contributed by atoms with Crippen LogP contribution in [0.4, 0.5) is 0 Å². The van der Waals surface area contributed by atoms with Gasteiger partial charge in [0, 0.05) is 0 Å². The highest BCUT2D eigenvalue weighted by molar-refractivity contribution is 5.77. The minimum atomic E-state index is 0. The molecule has 0 aromatic rings. The SMILES string of the molecule is O.O.O.O.O.O.O.O.O.O.O.O.O.O.O.O.[AlH3].[AlH3].[AlH3].[AlH3].[AlH3].[AlH3].[AlH3].[AlH3].[AlH3].[AlH3].[AlH3].[AlH3]. The molecule has 32 N–H and O–H groups in total. The highest BCUT2D eigenvalue weighted by atomic mass is 27.0. The van der Waals surface area contributed by atoms with Gasteiger partial charge in [-0.05, 0) is 0 Å². The van der Waals surface area contributed by atoms with E-state index in [4.69, 9.17) is 0 Å². The lowest BCUT2D eigenvalue weighted by molar-refractivity contribution is 0.823. The molecule has 0 aliphatic rings. The zero-order valence-corrected chi connectivity index (χ0v) is 8.00. The first-order valence-corrected chi connectivity index (χ1v) is 0. The number of hydrogen-bond donors (Lipinski definition) is 0. The molecule has 0 atom stereocenters. The molecule has 0 bridgehead atoms. The van der Waals surface area contributed by atoms with Gasteiger partial charge in [0.15, 0.2) is 208 Å². The summed E-state index contributed by atoms with van der Waals surface area (Å²) in [4.78, 5) is 0. The van der Waals surface area contributed by atoms with Crippen molar-refractivity contribution >= 4 is 208 Å². The molecule has 28 heteroatoms. The second-order valence-corrected chi connectivity index (χ2v) is 0. The van der Waals surface area contributed by atoms with Gasteiger partial charge in [-0.3, -0.25) is 0 Å². The van der Waals surface area contributed by atoms with Crippen LogP contribution in [0.1, 0.15) is 0 Å². The summed E-state index contributed by atoms with van der Waals surface area (Å²) in [5.74, 6) is 0. The summed E-state index contributed by atoms with van der Waals surface area (Å²) in [6.07, 6.45) is 0. The summed E-state index contributed by atoms with van der Waals surface area (Å²) in [6, 6.07) is 0. The van der Waals surface area contributed by atoms with Gasteiger partial charge in [0.1, 0.15) is 0 Å². The molecular formula is H68Al12O16. The lowest BCUT2D eigenvalue weighted by Crippen LogP contribution is -0.382. The Kier molecular flexibility index (Phi) is 39100. The van der Waals surface area contributed by atoms with Gasteiger partial charge in [0.2, 0.25) is 0 Å². The maximum atomic E-state index is 0. The predicted molar refractivity (Wildman–Crippen MR) is 177 cm³/mol. The molecule has 0 saturated carbocycles. The van der Waals surface area contributed by atoms with Gasteiger partial charge in [-0.15, -0.1) is 0 Å². The Morgan fingerprint density at radius 1 is 0.0714 bits per heavy atom. The van der Waals surface area contributed by atoms with E-state index in [0.29, 0.717) is 0 Å². The molecule has 0 aliphatic carbocycles. The molecule has 0 spiro atoms. The Morgan fingerprint density at radius 2 is 0.0714 bits per heavy atom. The van der Waals surface area contributed by atoms with Gasteiger partial charge < -0.3 is 87.6 Å². The lowest BCUT2D eigenvalue weighted by Gasteiger charge is -0.413. The van der Waals surface area contributed by atoms with Crippen molar-refractivity contribution in [1.82, 2.24) is 0 Å². The zero-order chi connectivity index (χ0) is 0. The Balaban J connectivity index is 0. The number of rotatable bonds is 0. The van der Waals surface area contributed by atoms with E-state index in [1.807, 2.05) is 0 Å². The summed E-state index contributed by atoms with van der Waals surface area (Å²) in [5.41, 5.74) is 0. The van der Waals surface area contributed by atoms with Gasteiger partial charge >= 0.3 is 0 Å². The van der Waals surface area contributed by atoms with Crippen molar-refractivity contribution in [2.45, 2.75) is 0 Å². The molecule has 16 nitrogen and oxygen atoms in total. The summed E-state index contributed by atoms with van der Waals surface area (Å²) in [6.45, 7) is 0. The standard InChI is InChI=1S/12Al.16H2O.36H/h;;;;;;;;;;;;16*1H2;;;;;;;;;;;;;;;;;;;;;;;;;;;;;;;;;;;;.